The van der Waals surface area contributed by atoms with E-state index in [1.54, 1.807) is 0 Å². The first-order valence-electron chi connectivity index (χ1n) is 6.36. The van der Waals surface area contributed by atoms with Crippen LogP contribution in [0.3, 0.4) is 0 Å². The van der Waals surface area contributed by atoms with Gasteiger partial charge in [0.05, 0.1) is 0 Å². The number of hydrogen-bond acceptors (Lipinski definition) is 4. The maximum absolute atomic E-state index is 4.76. The van der Waals surface area contributed by atoms with E-state index in [1.165, 1.54) is 0 Å². The van der Waals surface area contributed by atoms with Crippen LogP contribution < -0.4 is 0 Å². The van der Waals surface area contributed by atoms with Gasteiger partial charge in [-0.3, -0.25) is 0 Å². The SMILES string of the molecule is CCN(CC)C(=S)[S-].CCN(CC)C(=S)[S-].[CH3][Sn+2][CH3]. The first-order chi connectivity index (χ1) is 8.85. The van der Waals surface area contributed by atoms with Gasteiger partial charge in [0.15, 0.2) is 0 Å². The molecule has 0 atom stereocenters. The molecule has 0 bridgehead atoms. The van der Waals surface area contributed by atoms with Crippen LogP contribution in [0.5, 0.6) is 0 Å². The Morgan fingerprint density at radius 2 is 0.947 bits per heavy atom. The third-order valence-electron chi connectivity index (χ3n) is 2.04. The summed E-state index contributed by atoms with van der Waals surface area (Å²) in [6, 6.07) is 0. The molecule has 0 unspecified atom stereocenters. The molecule has 7 heteroatoms. The van der Waals surface area contributed by atoms with Crippen LogP contribution in [0.25, 0.3) is 0 Å². The quantitative estimate of drug-likeness (QED) is 0.370. The van der Waals surface area contributed by atoms with Gasteiger partial charge in [0.1, 0.15) is 0 Å². The summed E-state index contributed by atoms with van der Waals surface area (Å²) in [5.41, 5.74) is 0. The number of nitrogens with zero attached hydrogens (tertiary/aromatic N) is 2. The summed E-state index contributed by atoms with van der Waals surface area (Å²) in [5.74, 6) is 0. The topological polar surface area (TPSA) is 6.48 Å². The molecule has 0 aliphatic carbocycles. The van der Waals surface area contributed by atoms with Gasteiger partial charge in [0.25, 0.3) is 0 Å². The van der Waals surface area contributed by atoms with Gasteiger partial charge in [0.2, 0.25) is 0 Å². The van der Waals surface area contributed by atoms with Gasteiger partial charge in [-0.1, -0.05) is 8.64 Å². The van der Waals surface area contributed by atoms with E-state index in [9.17, 15) is 0 Å². The second-order valence-corrected chi connectivity index (χ2v) is 8.29. The second-order valence-electron chi connectivity index (χ2n) is 3.38. The zero-order valence-corrected chi connectivity index (χ0v) is 19.0. The third kappa shape index (κ3) is 19.0. The summed E-state index contributed by atoms with van der Waals surface area (Å²) in [4.78, 5) is 8.52. The van der Waals surface area contributed by atoms with Crippen molar-refractivity contribution >= 4 is 79.5 Å². The molecular weight excluding hydrogens is 419 g/mol. The van der Waals surface area contributed by atoms with Crippen molar-refractivity contribution in [1.82, 2.24) is 9.80 Å². The van der Waals surface area contributed by atoms with Crippen molar-refractivity contribution in [1.29, 1.82) is 0 Å². The van der Waals surface area contributed by atoms with Gasteiger partial charge in [-0.25, -0.2) is 0 Å². The molecule has 0 aromatic heterocycles. The van der Waals surface area contributed by atoms with Crippen LogP contribution >= 0.6 is 24.4 Å². The molecule has 0 aliphatic rings. The van der Waals surface area contributed by atoms with Crippen molar-refractivity contribution < 1.29 is 0 Å². The minimum atomic E-state index is 0.230. The van der Waals surface area contributed by atoms with E-state index in [-0.39, 0.29) is 21.1 Å². The Morgan fingerprint density at radius 1 is 0.789 bits per heavy atom. The molecule has 0 fully saturated rings. The average molecular weight is 445 g/mol. The molecule has 0 heterocycles. The van der Waals surface area contributed by atoms with Crippen molar-refractivity contribution in [3.8, 4) is 0 Å². The fourth-order valence-corrected chi connectivity index (χ4v) is 2.00. The molecule has 0 radical (unpaired) electrons. The van der Waals surface area contributed by atoms with Crippen LogP contribution in [-0.4, -0.2) is 65.8 Å². The van der Waals surface area contributed by atoms with E-state index in [0.717, 1.165) is 26.2 Å². The van der Waals surface area contributed by atoms with Crippen molar-refractivity contribution in [2.24, 2.45) is 0 Å². The predicted octanol–water partition coefficient (Wildman–Crippen LogP) is 3.11. The van der Waals surface area contributed by atoms with E-state index in [4.69, 9.17) is 49.7 Å². The van der Waals surface area contributed by atoms with E-state index in [0.29, 0.717) is 8.64 Å². The number of thiocarbonyl (C=S) groups is 2. The monoisotopic (exact) mass is 446 g/mol. The molecule has 0 rings (SSSR count). The fraction of sp³-hybridized carbons (Fsp3) is 0.833. The van der Waals surface area contributed by atoms with Gasteiger partial charge < -0.3 is 59.5 Å². The van der Waals surface area contributed by atoms with Crippen LogP contribution in [0.15, 0.2) is 0 Å². The molecule has 0 aromatic carbocycles. The standard InChI is InChI=1S/2C5H11NS2.2CH3.Sn/c2*1-3-6(4-2)5(7)8;;;/h2*3-4H2,1-2H3,(H,7,8);2*1H3;/q;;;;+2/p-2. The molecule has 0 aliphatic heterocycles. The Hall–Kier alpha value is 1.02. The molecule has 0 saturated carbocycles. The van der Waals surface area contributed by atoms with Crippen molar-refractivity contribution in [3.05, 3.63) is 0 Å². The summed E-state index contributed by atoms with van der Waals surface area (Å²) in [5, 5.41) is 0. The molecule has 0 saturated heterocycles. The molecule has 0 aromatic rings. The molecule has 19 heavy (non-hydrogen) atoms. The Morgan fingerprint density at radius 3 is 0.947 bits per heavy atom. The summed E-state index contributed by atoms with van der Waals surface area (Å²) in [7, 11) is 0. The Balaban J connectivity index is -0.000000224. The average Bonchev–Trinajstić information content (AvgIpc) is 2.33. The molecule has 2 nitrogen and oxygen atoms in total. The van der Waals surface area contributed by atoms with Crippen molar-refractivity contribution in [2.45, 2.75) is 37.6 Å². The summed E-state index contributed by atoms with van der Waals surface area (Å²) in [6.07, 6.45) is 0. The first kappa shape index (κ1) is 25.0. The Labute approximate surface area is 152 Å². The van der Waals surface area contributed by atoms with Gasteiger partial charge in [-0.2, -0.15) is 0 Å². The van der Waals surface area contributed by atoms with Crippen LogP contribution in [0.2, 0.25) is 9.88 Å². The number of rotatable bonds is 4. The Kier molecular flexibility index (Phi) is 25.0. The molecule has 0 N–H and O–H groups in total. The molecule has 0 spiro atoms. The van der Waals surface area contributed by atoms with Crippen LogP contribution in [0, 0.1) is 0 Å². The van der Waals surface area contributed by atoms with E-state index >= 15 is 0 Å². The number of hydrogen-bond donors (Lipinski definition) is 0. The maximum atomic E-state index is 4.76. The van der Waals surface area contributed by atoms with E-state index < -0.39 is 0 Å². The van der Waals surface area contributed by atoms with Crippen molar-refractivity contribution in [2.75, 3.05) is 26.2 Å². The molecular formula is C12H26N2S4Sn. The fourth-order valence-electron chi connectivity index (χ4n) is 0.964. The molecule has 0 amide bonds. The predicted molar refractivity (Wildman–Crippen MR) is 103 cm³/mol. The summed E-state index contributed by atoms with van der Waals surface area (Å²) < 4.78 is 1.16. The zero-order valence-electron chi connectivity index (χ0n) is 12.9. The van der Waals surface area contributed by atoms with Crippen LogP contribution in [-0.2, 0) is 25.3 Å². The normalized spacial score (nSPS) is 7.89. The van der Waals surface area contributed by atoms with Gasteiger partial charge >= 0.3 is 31.0 Å². The van der Waals surface area contributed by atoms with Crippen LogP contribution in [0.1, 0.15) is 27.7 Å². The van der Waals surface area contributed by atoms with Gasteiger partial charge in [0, 0.05) is 26.2 Å². The summed E-state index contributed by atoms with van der Waals surface area (Å²) in [6.45, 7) is 11.9. The van der Waals surface area contributed by atoms with Crippen LogP contribution in [0.4, 0.5) is 0 Å². The van der Waals surface area contributed by atoms with E-state index in [1.807, 2.05) is 37.5 Å². The van der Waals surface area contributed by atoms with E-state index in [2.05, 4.69) is 9.88 Å². The Bertz CT molecular complexity index is 198. The molecule has 112 valence electrons. The van der Waals surface area contributed by atoms with Gasteiger partial charge in [-0.05, 0) is 27.7 Å². The first-order valence-corrected chi connectivity index (χ1v) is 13.7. The summed E-state index contributed by atoms with van der Waals surface area (Å²) >= 11 is 19.3. The second kappa shape index (κ2) is 19.0. The van der Waals surface area contributed by atoms with Gasteiger partial charge in [-0.15, -0.1) is 0 Å². The third-order valence-corrected chi connectivity index (χ3v) is 3.08. The van der Waals surface area contributed by atoms with Crippen molar-refractivity contribution in [3.63, 3.8) is 0 Å². The minimum absolute atomic E-state index is 0.230. The zero-order chi connectivity index (χ0) is 15.8.